The van der Waals surface area contributed by atoms with Crippen LogP contribution >= 0.6 is 7.37 Å². The van der Waals surface area contributed by atoms with Gasteiger partial charge in [0.25, 0.3) is 7.37 Å². The lowest BCUT2D eigenvalue weighted by atomic mass is 10.1. The molecule has 0 heterocycles. The van der Waals surface area contributed by atoms with E-state index in [2.05, 4.69) is 18.7 Å². The van der Waals surface area contributed by atoms with Gasteiger partial charge in [0.05, 0.1) is 5.30 Å². The van der Waals surface area contributed by atoms with E-state index in [0.717, 1.165) is 22.0 Å². The van der Waals surface area contributed by atoms with Crippen LogP contribution in [0, 0.1) is 27.7 Å². The second-order valence-corrected chi connectivity index (χ2v) is 8.58. The van der Waals surface area contributed by atoms with Gasteiger partial charge in [0.15, 0.2) is 0 Å². The van der Waals surface area contributed by atoms with Crippen LogP contribution in [0.5, 0.6) is 5.75 Å². The second kappa shape index (κ2) is 7.19. The molecule has 2 rings (SSSR count). The van der Waals surface area contributed by atoms with Crippen LogP contribution in [0.1, 0.15) is 28.7 Å². The summed E-state index contributed by atoms with van der Waals surface area (Å²) in [7, 11) is -2.98. The average molecular weight is 328 g/mol. The summed E-state index contributed by atoms with van der Waals surface area (Å²) in [5.74, 6) is 0.697. The number of hydrogen-bond donors (Lipinski definition) is 0. The maximum atomic E-state index is 13.6. The van der Waals surface area contributed by atoms with Crippen molar-refractivity contribution in [3.05, 3.63) is 71.3 Å². The molecule has 0 fully saturated rings. The van der Waals surface area contributed by atoms with Crippen LogP contribution in [0.4, 0.5) is 0 Å². The summed E-state index contributed by atoms with van der Waals surface area (Å²) in [5.41, 5.74) is 4.35. The molecule has 0 N–H and O–H groups in total. The van der Waals surface area contributed by atoms with E-state index in [9.17, 15) is 4.57 Å². The van der Waals surface area contributed by atoms with Gasteiger partial charge >= 0.3 is 0 Å². The highest BCUT2D eigenvalue weighted by Crippen LogP contribution is 2.48. The molecule has 1 atom stereocenters. The Labute approximate surface area is 139 Å². The lowest BCUT2D eigenvalue weighted by molar-refractivity contribution is 0.490. The van der Waals surface area contributed by atoms with E-state index >= 15 is 0 Å². The predicted octanol–water partition coefficient (Wildman–Crippen LogP) is 5.48. The molecule has 0 amide bonds. The summed E-state index contributed by atoms with van der Waals surface area (Å²) in [5, 5.41) is 0.810. The zero-order chi connectivity index (χ0) is 17.0. The Morgan fingerprint density at radius 2 is 1.61 bits per heavy atom. The Bertz CT molecular complexity index is 762. The van der Waals surface area contributed by atoms with Gasteiger partial charge in [-0.05, 0) is 57.4 Å². The van der Waals surface area contributed by atoms with Gasteiger partial charge in [-0.25, -0.2) is 0 Å². The molecule has 2 aromatic carbocycles. The maximum absolute atomic E-state index is 13.6. The third kappa shape index (κ3) is 4.14. The second-order valence-electron chi connectivity index (χ2n) is 6.12. The molecular weight excluding hydrogens is 303 g/mol. The highest BCUT2D eigenvalue weighted by Gasteiger charge is 2.29. The Morgan fingerprint density at radius 3 is 2.17 bits per heavy atom. The van der Waals surface area contributed by atoms with Gasteiger partial charge in [0.1, 0.15) is 5.75 Å². The molecule has 3 heteroatoms. The van der Waals surface area contributed by atoms with Crippen LogP contribution in [0.25, 0.3) is 0 Å². The van der Waals surface area contributed by atoms with Crippen LogP contribution < -0.4 is 9.83 Å². The van der Waals surface area contributed by atoms with Gasteiger partial charge < -0.3 is 4.52 Å². The van der Waals surface area contributed by atoms with Crippen molar-refractivity contribution in [3.63, 3.8) is 0 Å². The van der Waals surface area contributed by atoms with Crippen molar-refractivity contribution in [2.75, 3.05) is 6.16 Å². The Morgan fingerprint density at radius 1 is 1.00 bits per heavy atom. The molecule has 0 radical (unpaired) electrons. The molecule has 0 spiro atoms. The highest BCUT2D eigenvalue weighted by molar-refractivity contribution is 7.67. The van der Waals surface area contributed by atoms with Crippen molar-refractivity contribution in [3.8, 4) is 5.75 Å². The van der Waals surface area contributed by atoms with Crippen molar-refractivity contribution in [1.29, 1.82) is 0 Å². The molecule has 0 aliphatic rings. The molecule has 0 aromatic heterocycles. The normalized spacial score (nSPS) is 13.4. The first-order chi connectivity index (χ1) is 10.9. The third-order valence-corrected chi connectivity index (χ3v) is 6.50. The SMILES string of the molecule is C=CCCP(=O)(Oc1ccc(C)cc1C)c1ccc(C)cc1C. The summed E-state index contributed by atoms with van der Waals surface area (Å²) in [6.07, 6.45) is 2.92. The molecule has 2 aromatic rings. The van der Waals surface area contributed by atoms with Crippen LogP contribution in [0.15, 0.2) is 49.1 Å². The van der Waals surface area contributed by atoms with Crippen molar-refractivity contribution in [2.45, 2.75) is 34.1 Å². The van der Waals surface area contributed by atoms with Gasteiger partial charge in [-0.2, -0.15) is 0 Å². The fraction of sp³-hybridized carbons (Fsp3) is 0.300. The minimum Gasteiger partial charge on any atom is -0.440 e. The standard InChI is InChI=1S/C20H25O2P/c1-6-7-12-23(21,20-11-9-16(3)14-18(20)5)22-19-10-8-15(2)13-17(19)4/h6,8-11,13-14H,1,7,12H2,2-5H3. The lowest BCUT2D eigenvalue weighted by Crippen LogP contribution is -2.16. The van der Waals surface area contributed by atoms with Gasteiger partial charge in [0.2, 0.25) is 0 Å². The molecule has 23 heavy (non-hydrogen) atoms. The quantitative estimate of drug-likeness (QED) is 0.518. The summed E-state index contributed by atoms with van der Waals surface area (Å²) in [6.45, 7) is 11.8. The van der Waals surface area contributed by atoms with E-state index in [1.807, 2.05) is 52.0 Å². The van der Waals surface area contributed by atoms with Crippen LogP contribution in [0.3, 0.4) is 0 Å². The Balaban J connectivity index is 2.46. The molecule has 0 saturated carbocycles. The number of rotatable bonds is 6. The highest BCUT2D eigenvalue weighted by atomic mass is 31.2. The minimum absolute atomic E-state index is 0.466. The Hall–Kier alpha value is -1.79. The molecule has 0 aliphatic carbocycles. The maximum Gasteiger partial charge on any atom is 0.277 e. The van der Waals surface area contributed by atoms with Crippen molar-refractivity contribution >= 4 is 12.7 Å². The molecule has 1 unspecified atom stereocenters. The number of allylic oxidation sites excluding steroid dienone is 1. The first kappa shape index (κ1) is 17.6. The topological polar surface area (TPSA) is 26.3 Å². The van der Waals surface area contributed by atoms with Crippen molar-refractivity contribution in [2.24, 2.45) is 0 Å². The number of aryl methyl sites for hydroxylation is 4. The van der Waals surface area contributed by atoms with E-state index in [0.29, 0.717) is 18.3 Å². The smallest absolute Gasteiger partial charge is 0.277 e. The van der Waals surface area contributed by atoms with Gasteiger partial charge in [-0.1, -0.05) is 41.5 Å². The molecule has 2 nitrogen and oxygen atoms in total. The van der Waals surface area contributed by atoms with E-state index in [1.54, 1.807) is 6.08 Å². The molecule has 122 valence electrons. The molecule has 0 bridgehead atoms. The molecule has 0 saturated heterocycles. The summed E-state index contributed by atoms with van der Waals surface area (Å²) >= 11 is 0. The van der Waals surface area contributed by atoms with Crippen LogP contribution in [-0.2, 0) is 4.57 Å². The fourth-order valence-corrected chi connectivity index (χ4v) is 5.10. The Kier molecular flexibility index (Phi) is 5.49. The zero-order valence-electron chi connectivity index (χ0n) is 14.4. The number of benzene rings is 2. The minimum atomic E-state index is -2.98. The third-order valence-electron chi connectivity index (χ3n) is 3.92. The average Bonchev–Trinajstić information content (AvgIpc) is 2.48. The van der Waals surface area contributed by atoms with Gasteiger partial charge in [-0.15, -0.1) is 6.58 Å². The zero-order valence-corrected chi connectivity index (χ0v) is 15.3. The van der Waals surface area contributed by atoms with Crippen LogP contribution in [0.2, 0.25) is 0 Å². The molecule has 0 aliphatic heterocycles. The first-order valence-corrected chi connectivity index (χ1v) is 9.71. The van der Waals surface area contributed by atoms with E-state index < -0.39 is 7.37 Å². The fourth-order valence-electron chi connectivity index (χ4n) is 2.72. The van der Waals surface area contributed by atoms with Crippen molar-refractivity contribution in [1.82, 2.24) is 0 Å². The monoisotopic (exact) mass is 328 g/mol. The number of hydrogen-bond acceptors (Lipinski definition) is 2. The van der Waals surface area contributed by atoms with Gasteiger partial charge in [0, 0.05) is 6.16 Å². The van der Waals surface area contributed by atoms with Crippen molar-refractivity contribution < 1.29 is 9.09 Å². The first-order valence-electron chi connectivity index (χ1n) is 7.90. The summed E-state index contributed by atoms with van der Waals surface area (Å²) in [6, 6.07) is 11.9. The largest absolute Gasteiger partial charge is 0.440 e. The summed E-state index contributed by atoms with van der Waals surface area (Å²) < 4.78 is 19.7. The predicted molar refractivity (Wildman–Crippen MR) is 99.4 cm³/mol. The van der Waals surface area contributed by atoms with Crippen LogP contribution in [-0.4, -0.2) is 6.16 Å². The molecular formula is C20H25O2P. The lowest BCUT2D eigenvalue weighted by Gasteiger charge is -2.22. The van der Waals surface area contributed by atoms with E-state index in [-0.39, 0.29) is 0 Å². The van der Waals surface area contributed by atoms with E-state index in [1.165, 1.54) is 5.56 Å². The van der Waals surface area contributed by atoms with E-state index in [4.69, 9.17) is 4.52 Å². The van der Waals surface area contributed by atoms with Gasteiger partial charge in [-0.3, -0.25) is 4.57 Å². The summed E-state index contributed by atoms with van der Waals surface area (Å²) in [4.78, 5) is 0.